The van der Waals surface area contributed by atoms with Gasteiger partial charge in [0.25, 0.3) is 0 Å². The highest BCUT2D eigenvalue weighted by atomic mass is 16.5. The number of ether oxygens (including phenoxy) is 1. The fourth-order valence-electron chi connectivity index (χ4n) is 2.27. The summed E-state index contributed by atoms with van der Waals surface area (Å²) in [4.78, 5) is 11.3. The maximum Gasteiger partial charge on any atom is 0.333 e. The van der Waals surface area contributed by atoms with Crippen molar-refractivity contribution in [2.75, 3.05) is 7.11 Å². The zero-order valence-corrected chi connectivity index (χ0v) is 9.71. The smallest absolute Gasteiger partial charge is 0.333 e. The molecule has 0 heterocycles. The Balaban J connectivity index is 2.82. The predicted octanol–water partition coefficient (Wildman–Crippen LogP) is 3.24. The molecule has 1 saturated carbocycles. The summed E-state index contributed by atoms with van der Waals surface area (Å²) in [6, 6.07) is 0. The molecule has 0 radical (unpaired) electrons. The van der Waals surface area contributed by atoms with Crippen molar-refractivity contribution in [3.05, 3.63) is 24.3 Å². The molecule has 15 heavy (non-hydrogen) atoms. The monoisotopic (exact) mass is 208 g/mol. The van der Waals surface area contributed by atoms with Crippen molar-refractivity contribution in [3.63, 3.8) is 0 Å². The Kier molecular flexibility index (Phi) is 4.13. The Morgan fingerprint density at radius 3 is 2.40 bits per heavy atom. The largest absolute Gasteiger partial charge is 0.466 e. The molecule has 0 bridgehead atoms. The molecular weight excluding hydrogens is 188 g/mol. The van der Waals surface area contributed by atoms with E-state index in [2.05, 4.69) is 6.58 Å². The van der Waals surface area contributed by atoms with E-state index in [0.29, 0.717) is 5.57 Å². The van der Waals surface area contributed by atoms with Gasteiger partial charge in [-0.2, -0.15) is 0 Å². The first kappa shape index (κ1) is 12.0. The van der Waals surface area contributed by atoms with Gasteiger partial charge in [0.15, 0.2) is 0 Å². The van der Waals surface area contributed by atoms with E-state index in [1.807, 2.05) is 19.1 Å². The van der Waals surface area contributed by atoms with Gasteiger partial charge < -0.3 is 4.74 Å². The van der Waals surface area contributed by atoms with E-state index in [1.165, 1.54) is 26.4 Å². The number of carbonyl (C=O) groups excluding carboxylic acids is 1. The SMILES string of the molecule is C=CC1(/C=C(\C)C(=O)OC)CCCCC1. The number of allylic oxidation sites excluding steroid dienone is 2. The Morgan fingerprint density at radius 2 is 1.93 bits per heavy atom. The van der Waals surface area contributed by atoms with Gasteiger partial charge in [0.2, 0.25) is 0 Å². The Labute approximate surface area is 92.0 Å². The van der Waals surface area contributed by atoms with Crippen LogP contribution in [0.15, 0.2) is 24.3 Å². The van der Waals surface area contributed by atoms with E-state index < -0.39 is 0 Å². The van der Waals surface area contributed by atoms with Gasteiger partial charge in [-0.3, -0.25) is 0 Å². The minimum Gasteiger partial charge on any atom is -0.466 e. The number of methoxy groups -OCH3 is 1. The molecule has 2 nitrogen and oxygen atoms in total. The third-order valence-electron chi connectivity index (χ3n) is 3.20. The highest BCUT2D eigenvalue weighted by Crippen LogP contribution is 2.39. The average molecular weight is 208 g/mol. The molecule has 2 heteroatoms. The number of carbonyl (C=O) groups is 1. The molecule has 0 atom stereocenters. The van der Waals surface area contributed by atoms with E-state index in [9.17, 15) is 4.79 Å². The van der Waals surface area contributed by atoms with E-state index >= 15 is 0 Å². The average Bonchev–Trinajstić information content (AvgIpc) is 2.29. The zero-order chi connectivity index (χ0) is 11.3. The highest BCUT2D eigenvalue weighted by molar-refractivity contribution is 5.87. The van der Waals surface area contributed by atoms with E-state index in [0.717, 1.165) is 12.8 Å². The van der Waals surface area contributed by atoms with Gasteiger partial charge in [-0.05, 0) is 19.8 Å². The molecule has 1 aliphatic rings. The third-order valence-corrected chi connectivity index (χ3v) is 3.20. The molecule has 0 saturated heterocycles. The number of esters is 1. The van der Waals surface area contributed by atoms with Crippen LogP contribution in [0.5, 0.6) is 0 Å². The van der Waals surface area contributed by atoms with Crippen molar-refractivity contribution in [2.24, 2.45) is 5.41 Å². The molecule has 1 rings (SSSR count). The number of hydrogen-bond donors (Lipinski definition) is 0. The Morgan fingerprint density at radius 1 is 1.33 bits per heavy atom. The number of hydrogen-bond acceptors (Lipinski definition) is 2. The van der Waals surface area contributed by atoms with Crippen LogP contribution in [0, 0.1) is 5.41 Å². The van der Waals surface area contributed by atoms with Crippen LogP contribution in [0.1, 0.15) is 39.0 Å². The molecule has 84 valence electrons. The first-order chi connectivity index (χ1) is 7.13. The van der Waals surface area contributed by atoms with E-state index in [4.69, 9.17) is 4.74 Å². The summed E-state index contributed by atoms with van der Waals surface area (Å²) in [7, 11) is 1.42. The maximum absolute atomic E-state index is 11.3. The molecule has 0 aromatic rings. The second-order valence-electron chi connectivity index (χ2n) is 4.32. The lowest BCUT2D eigenvalue weighted by molar-refractivity contribution is -0.136. The van der Waals surface area contributed by atoms with Gasteiger partial charge in [0.05, 0.1) is 7.11 Å². The van der Waals surface area contributed by atoms with Gasteiger partial charge >= 0.3 is 5.97 Å². The molecule has 0 aliphatic heterocycles. The lowest BCUT2D eigenvalue weighted by Crippen LogP contribution is -2.20. The molecule has 0 unspecified atom stereocenters. The summed E-state index contributed by atoms with van der Waals surface area (Å²) >= 11 is 0. The van der Waals surface area contributed by atoms with Crippen LogP contribution in [-0.2, 0) is 9.53 Å². The van der Waals surface area contributed by atoms with E-state index in [1.54, 1.807) is 0 Å². The molecule has 1 aliphatic carbocycles. The molecule has 0 aromatic heterocycles. The van der Waals surface area contributed by atoms with Crippen molar-refractivity contribution >= 4 is 5.97 Å². The summed E-state index contributed by atoms with van der Waals surface area (Å²) in [5.41, 5.74) is 0.718. The standard InChI is InChI=1S/C13H20O2/c1-4-13(8-6-5-7-9-13)10-11(2)12(14)15-3/h4,10H,1,5-9H2,2-3H3/b11-10+. The van der Waals surface area contributed by atoms with Crippen molar-refractivity contribution in [1.82, 2.24) is 0 Å². The Hall–Kier alpha value is -1.05. The van der Waals surface area contributed by atoms with Crippen LogP contribution in [0.2, 0.25) is 0 Å². The quantitative estimate of drug-likeness (QED) is 0.404. The van der Waals surface area contributed by atoms with Crippen molar-refractivity contribution in [3.8, 4) is 0 Å². The second kappa shape index (κ2) is 5.15. The minimum atomic E-state index is -0.234. The van der Waals surface area contributed by atoms with Crippen LogP contribution in [-0.4, -0.2) is 13.1 Å². The topological polar surface area (TPSA) is 26.3 Å². The van der Waals surface area contributed by atoms with Crippen LogP contribution in [0.3, 0.4) is 0 Å². The summed E-state index contributed by atoms with van der Waals surface area (Å²) in [6.07, 6.45) is 9.95. The van der Waals surface area contributed by atoms with E-state index in [-0.39, 0.29) is 11.4 Å². The van der Waals surface area contributed by atoms with Gasteiger partial charge in [-0.1, -0.05) is 31.4 Å². The lowest BCUT2D eigenvalue weighted by Gasteiger charge is -2.31. The zero-order valence-electron chi connectivity index (χ0n) is 9.71. The molecule has 0 aromatic carbocycles. The summed E-state index contributed by atoms with van der Waals surface area (Å²) in [6.45, 7) is 5.71. The first-order valence-electron chi connectivity index (χ1n) is 5.55. The maximum atomic E-state index is 11.3. The third kappa shape index (κ3) is 2.95. The summed E-state index contributed by atoms with van der Waals surface area (Å²) < 4.78 is 4.70. The van der Waals surface area contributed by atoms with Gasteiger partial charge in [0.1, 0.15) is 0 Å². The van der Waals surface area contributed by atoms with Crippen molar-refractivity contribution in [1.29, 1.82) is 0 Å². The van der Waals surface area contributed by atoms with Crippen molar-refractivity contribution in [2.45, 2.75) is 39.0 Å². The molecule has 0 N–H and O–H groups in total. The summed E-state index contributed by atoms with van der Waals surface area (Å²) in [5, 5.41) is 0. The fraction of sp³-hybridized carbons (Fsp3) is 0.615. The second-order valence-corrected chi connectivity index (χ2v) is 4.32. The first-order valence-corrected chi connectivity index (χ1v) is 5.55. The van der Waals surface area contributed by atoms with Crippen LogP contribution >= 0.6 is 0 Å². The van der Waals surface area contributed by atoms with Gasteiger partial charge in [0, 0.05) is 11.0 Å². The molecule has 0 amide bonds. The predicted molar refractivity (Wildman–Crippen MR) is 61.5 cm³/mol. The van der Waals surface area contributed by atoms with Crippen LogP contribution in [0.4, 0.5) is 0 Å². The fourth-order valence-corrected chi connectivity index (χ4v) is 2.27. The summed E-state index contributed by atoms with van der Waals surface area (Å²) in [5.74, 6) is -0.234. The van der Waals surface area contributed by atoms with Gasteiger partial charge in [-0.15, -0.1) is 6.58 Å². The normalized spacial score (nSPS) is 20.8. The molecular formula is C13H20O2. The lowest BCUT2D eigenvalue weighted by atomic mass is 9.73. The molecule has 1 fully saturated rings. The minimum absolute atomic E-state index is 0.0243. The van der Waals surface area contributed by atoms with Crippen LogP contribution in [0.25, 0.3) is 0 Å². The van der Waals surface area contributed by atoms with Gasteiger partial charge in [-0.25, -0.2) is 4.79 Å². The Bertz CT molecular complexity index is 270. The van der Waals surface area contributed by atoms with Crippen LogP contribution < -0.4 is 0 Å². The molecule has 0 spiro atoms. The van der Waals surface area contributed by atoms with Crippen molar-refractivity contribution < 1.29 is 9.53 Å². The highest BCUT2D eigenvalue weighted by Gasteiger charge is 2.27. The number of rotatable bonds is 3.